The van der Waals surface area contributed by atoms with Crippen molar-refractivity contribution in [3.63, 3.8) is 0 Å². The first-order valence-corrected chi connectivity index (χ1v) is 10.2. The summed E-state index contributed by atoms with van der Waals surface area (Å²) in [7, 11) is 0. The van der Waals surface area contributed by atoms with Crippen LogP contribution in [0.5, 0.6) is 0 Å². The van der Waals surface area contributed by atoms with E-state index in [2.05, 4.69) is 5.32 Å². The summed E-state index contributed by atoms with van der Waals surface area (Å²) in [6.45, 7) is 1.20. The normalized spacial score (nSPS) is 12.1. The fourth-order valence-corrected chi connectivity index (χ4v) is 3.78. The van der Waals surface area contributed by atoms with Crippen LogP contribution in [0.2, 0.25) is 0 Å². The minimum Gasteiger partial charge on any atom is -0.463 e. The second kappa shape index (κ2) is 10.1. The summed E-state index contributed by atoms with van der Waals surface area (Å²) >= 11 is 0.810. The molecule has 0 spiro atoms. The predicted molar refractivity (Wildman–Crippen MR) is 114 cm³/mol. The molecule has 6 nitrogen and oxygen atoms in total. The Balaban J connectivity index is 2.04. The SMILES string of the molecule is CCOC(=O)/C=c1\s/c(=C\c2cc(F)ccc2F)c(=O)n1CC(=O)Nc1cccc(F)c1. The van der Waals surface area contributed by atoms with Gasteiger partial charge >= 0.3 is 5.97 Å². The maximum atomic E-state index is 14.0. The lowest BCUT2D eigenvalue weighted by Crippen LogP contribution is -2.36. The number of benzene rings is 2. The molecule has 0 aliphatic carbocycles. The number of thiazole rings is 1. The number of hydrogen-bond acceptors (Lipinski definition) is 5. The first-order chi connectivity index (χ1) is 15.3. The standard InChI is InChI=1S/C22H17F3N2O4S/c1-2-31-21(29)11-20-27(12-19(28)26-16-5-3-4-14(23)10-16)22(30)18(32-20)9-13-8-15(24)6-7-17(13)25/h3-11H,2,12H2,1H3,(H,26,28)/b18-9-,20-11-. The number of nitrogens with zero attached hydrogens (tertiary/aromatic N) is 1. The Bertz CT molecular complexity index is 1350. The average Bonchev–Trinajstić information content (AvgIpc) is 2.99. The van der Waals surface area contributed by atoms with E-state index >= 15 is 0 Å². The lowest BCUT2D eigenvalue weighted by molar-refractivity contribution is -0.135. The Kier molecular flexibility index (Phi) is 7.26. The Hall–Kier alpha value is -3.66. The van der Waals surface area contributed by atoms with Crippen molar-refractivity contribution in [3.8, 4) is 0 Å². The van der Waals surface area contributed by atoms with Crippen molar-refractivity contribution in [1.82, 2.24) is 4.57 Å². The highest BCUT2D eigenvalue weighted by atomic mass is 32.1. The van der Waals surface area contributed by atoms with Crippen molar-refractivity contribution in [2.24, 2.45) is 0 Å². The molecule has 166 valence electrons. The van der Waals surface area contributed by atoms with Crippen LogP contribution in [0.4, 0.5) is 18.9 Å². The molecule has 0 atom stereocenters. The zero-order chi connectivity index (χ0) is 23.3. The number of nitrogens with one attached hydrogen (secondary N) is 1. The highest BCUT2D eigenvalue weighted by Crippen LogP contribution is 2.10. The minimum absolute atomic E-state index is 0.0244. The van der Waals surface area contributed by atoms with Crippen LogP contribution in [0.1, 0.15) is 12.5 Å². The van der Waals surface area contributed by atoms with Crippen molar-refractivity contribution in [2.75, 3.05) is 11.9 Å². The number of anilines is 1. The van der Waals surface area contributed by atoms with E-state index in [1.54, 1.807) is 6.92 Å². The molecule has 0 saturated carbocycles. The van der Waals surface area contributed by atoms with E-state index < -0.39 is 41.4 Å². The van der Waals surface area contributed by atoms with E-state index in [4.69, 9.17) is 4.74 Å². The molecule has 3 aromatic rings. The summed E-state index contributed by atoms with van der Waals surface area (Å²) in [6.07, 6.45) is 2.17. The Morgan fingerprint density at radius 1 is 1.12 bits per heavy atom. The fourth-order valence-electron chi connectivity index (χ4n) is 2.75. The van der Waals surface area contributed by atoms with Gasteiger partial charge in [0.15, 0.2) is 0 Å². The van der Waals surface area contributed by atoms with Gasteiger partial charge in [0.25, 0.3) is 5.56 Å². The van der Waals surface area contributed by atoms with E-state index in [9.17, 15) is 27.6 Å². The molecule has 1 N–H and O–H groups in total. The molecule has 0 bridgehead atoms. The second-order valence-electron chi connectivity index (χ2n) is 6.46. The Morgan fingerprint density at radius 3 is 2.59 bits per heavy atom. The number of carbonyl (C=O) groups is 2. The molecule has 1 amide bonds. The van der Waals surface area contributed by atoms with Gasteiger partial charge in [-0.1, -0.05) is 6.07 Å². The molecule has 0 aliphatic rings. The van der Waals surface area contributed by atoms with Crippen LogP contribution >= 0.6 is 11.3 Å². The zero-order valence-corrected chi connectivity index (χ0v) is 17.5. The molecule has 0 saturated heterocycles. The molecule has 10 heteroatoms. The van der Waals surface area contributed by atoms with Crippen molar-refractivity contribution >= 4 is 41.1 Å². The molecule has 32 heavy (non-hydrogen) atoms. The third-order valence-corrected chi connectivity index (χ3v) is 5.18. The summed E-state index contributed by atoms with van der Waals surface area (Å²) in [5, 5.41) is 2.46. The van der Waals surface area contributed by atoms with Gasteiger partial charge < -0.3 is 10.1 Å². The fraction of sp³-hybridized carbons (Fsp3) is 0.136. The maximum absolute atomic E-state index is 14.0. The number of hydrogen-bond donors (Lipinski definition) is 1. The zero-order valence-electron chi connectivity index (χ0n) is 16.7. The van der Waals surface area contributed by atoms with Gasteiger partial charge in [0.1, 0.15) is 28.7 Å². The number of esters is 1. The molecular formula is C22H17F3N2O4S. The summed E-state index contributed by atoms with van der Waals surface area (Å²) in [5.41, 5.74) is -0.672. The molecule has 3 rings (SSSR count). The van der Waals surface area contributed by atoms with Crippen LogP contribution in [-0.4, -0.2) is 23.1 Å². The third-order valence-electron chi connectivity index (χ3n) is 4.12. The van der Waals surface area contributed by atoms with E-state index in [1.165, 1.54) is 18.2 Å². The van der Waals surface area contributed by atoms with Gasteiger partial charge in [-0.3, -0.25) is 14.2 Å². The molecule has 1 aromatic heterocycles. The molecular weight excluding hydrogens is 445 g/mol. The molecule has 2 aromatic carbocycles. The van der Waals surface area contributed by atoms with Gasteiger partial charge in [0.05, 0.1) is 17.2 Å². The van der Waals surface area contributed by atoms with Gasteiger partial charge in [0, 0.05) is 11.3 Å². The van der Waals surface area contributed by atoms with Gasteiger partial charge in [-0.05, 0) is 49.4 Å². The summed E-state index contributed by atoms with van der Waals surface area (Å²) in [5.74, 6) is -3.39. The maximum Gasteiger partial charge on any atom is 0.333 e. The molecule has 0 unspecified atom stereocenters. The van der Waals surface area contributed by atoms with Crippen molar-refractivity contribution in [3.05, 3.63) is 85.0 Å². The molecule has 0 radical (unpaired) electrons. The minimum atomic E-state index is -0.745. The molecule has 1 heterocycles. The number of rotatable bonds is 6. The number of ether oxygens (including phenoxy) is 1. The summed E-state index contributed by atoms with van der Waals surface area (Å²) < 4.78 is 46.7. The van der Waals surface area contributed by atoms with Crippen LogP contribution in [0.3, 0.4) is 0 Å². The van der Waals surface area contributed by atoms with Crippen LogP contribution in [-0.2, 0) is 20.9 Å². The number of aromatic nitrogens is 1. The molecule has 0 aliphatic heterocycles. The van der Waals surface area contributed by atoms with Crippen LogP contribution in [0, 0.1) is 17.5 Å². The number of carbonyl (C=O) groups excluding carboxylic acids is 2. The van der Waals surface area contributed by atoms with Gasteiger partial charge in [0.2, 0.25) is 5.91 Å². The van der Waals surface area contributed by atoms with Crippen molar-refractivity contribution in [1.29, 1.82) is 0 Å². The second-order valence-corrected chi connectivity index (χ2v) is 7.52. The monoisotopic (exact) mass is 462 g/mol. The van der Waals surface area contributed by atoms with E-state index in [0.717, 1.165) is 52.3 Å². The Labute approximate surface area is 183 Å². The van der Waals surface area contributed by atoms with E-state index in [1.807, 2.05) is 0 Å². The van der Waals surface area contributed by atoms with E-state index in [-0.39, 0.29) is 27.1 Å². The first-order valence-electron chi connectivity index (χ1n) is 9.37. The lowest BCUT2D eigenvalue weighted by atomic mass is 10.2. The van der Waals surface area contributed by atoms with Crippen LogP contribution < -0.4 is 20.1 Å². The average molecular weight is 462 g/mol. The highest BCUT2D eigenvalue weighted by Gasteiger charge is 2.12. The number of amides is 1. The topological polar surface area (TPSA) is 77.4 Å². The van der Waals surface area contributed by atoms with Gasteiger partial charge in [-0.2, -0.15) is 0 Å². The van der Waals surface area contributed by atoms with Gasteiger partial charge in [-0.15, -0.1) is 11.3 Å². The van der Waals surface area contributed by atoms with Crippen molar-refractivity contribution < 1.29 is 27.5 Å². The smallest absolute Gasteiger partial charge is 0.333 e. The van der Waals surface area contributed by atoms with Crippen molar-refractivity contribution in [2.45, 2.75) is 13.5 Å². The first kappa shape index (κ1) is 23.0. The molecule has 0 fully saturated rings. The lowest BCUT2D eigenvalue weighted by Gasteiger charge is -2.06. The summed E-state index contributed by atoms with van der Waals surface area (Å²) in [6, 6.07) is 7.97. The summed E-state index contributed by atoms with van der Waals surface area (Å²) in [4.78, 5) is 37.2. The Morgan fingerprint density at radius 2 is 1.88 bits per heavy atom. The third kappa shape index (κ3) is 5.73. The van der Waals surface area contributed by atoms with E-state index in [0.29, 0.717) is 0 Å². The highest BCUT2D eigenvalue weighted by molar-refractivity contribution is 7.07. The van der Waals surface area contributed by atoms with Crippen LogP contribution in [0.25, 0.3) is 12.2 Å². The largest absolute Gasteiger partial charge is 0.463 e. The quantitative estimate of drug-likeness (QED) is 0.570. The van der Waals surface area contributed by atoms with Gasteiger partial charge in [-0.25, -0.2) is 18.0 Å². The van der Waals surface area contributed by atoms with Crippen LogP contribution in [0.15, 0.2) is 47.3 Å². The predicted octanol–water partition coefficient (Wildman–Crippen LogP) is 2.14. The number of halogens is 3.